The van der Waals surface area contributed by atoms with Crippen LogP contribution in [0.1, 0.15) is 5.56 Å². The fourth-order valence-corrected chi connectivity index (χ4v) is 3.36. The minimum Gasteiger partial charge on any atom is -0.403 e. The lowest BCUT2D eigenvalue weighted by Gasteiger charge is -2.03. The minimum atomic E-state index is -3.92. The molecule has 0 saturated carbocycles. The number of aromatic nitrogens is 2. The molecule has 3 rings (SSSR count). The number of sulfone groups is 1. The maximum Gasteiger partial charge on any atom is 0.322 e. The summed E-state index contributed by atoms with van der Waals surface area (Å²) in [5.41, 5.74) is 1.67. The van der Waals surface area contributed by atoms with Crippen LogP contribution in [-0.4, -0.2) is 30.3 Å². The monoisotopic (exact) mass is 375 g/mol. The number of carbonyl (C=O) groups is 1. The van der Waals surface area contributed by atoms with Gasteiger partial charge < -0.3 is 4.42 Å². The molecule has 0 spiro atoms. The fraction of sp³-hybridized carbons (Fsp3) is 0.118. The smallest absolute Gasteiger partial charge is 0.322 e. The van der Waals surface area contributed by atoms with Gasteiger partial charge in [0.15, 0.2) is 9.84 Å². The molecular weight excluding hydrogens is 361 g/mol. The molecule has 1 aromatic heterocycles. The molecule has 0 aliphatic carbocycles. The van der Waals surface area contributed by atoms with Crippen LogP contribution in [0.25, 0.3) is 11.5 Å². The minimum absolute atomic E-state index is 0.153. The largest absolute Gasteiger partial charge is 0.403 e. The second-order valence-corrected chi connectivity index (χ2v) is 7.53. The molecule has 2 aromatic carbocycles. The van der Waals surface area contributed by atoms with Gasteiger partial charge in [-0.15, -0.1) is 5.10 Å². The zero-order valence-corrected chi connectivity index (χ0v) is 14.5. The molecule has 1 amide bonds. The van der Waals surface area contributed by atoms with Crippen molar-refractivity contribution in [3.8, 4) is 11.5 Å². The molecule has 0 aliphatic rings. The lowest BCUT2D eigenvalue weighted by molar-refractivity contribution is -0.114. The van der Waals surface area contributed by atoms with Gasteiger partial charge >= 0.3 is 6.01 Å². The predicted molar refractivity (Wildman–Crippen MR) is 91.6 cm³/mol. The molecule has 1 N–H and O–H groups in total. The topological polar surface area (TPSA) is 102 Å². The average molecular weight is 375 g/mol. The summed E-state index contributed by atoms with van der Waals surface area (Å²) in [6.07, 6.45) is 0. The number of hydrogen-bond donors (Lipinski definition) is 1. The lowest BCUT2D eigenvalue weighted by Crippen LogP contribution is -2.23. The number of nitrogens with zero attached hydrogens (tertiary/aromatic N) is 2. The Morgan fingerprint density at radius 2 is 1.88 bits per heavy atom. The van der Waals surface area contributed by atoms with E-state index in [9.17, 15) is 17.6 Å². The molecule has 0 bridgehead atoms. The summed E-state index contributed by atoms with van der Waals surface area (Å²) < 4.78 is 42.5. The van der Waals surface area contributed by atoms with E-state index in [4.69, 9.17) is 4.42 Å². The van der Waals surface area contributed by atoms with Crippen molar-refractivity contribution in [1.29, 1.82) is 0 Å². The predicted octanol–water partition coefficient (Wildman–Crippen LogP) is 2.60. The van der Waals surface area contributed by atoms with Gasteiger partial charge in [-0.25, -0.2) is 12.8 Å². The van der Waals surface area contributed by atoms with Gasteiger partial charge in [-0.1, -0.05) is 22.8 Å². The number of rotatable bonds is 5. The summed E-state index contributed by atoms with van der Waals surface area (Å²) >= 11 is 0. The highest BCUT2D eigenvalue weighted by molar-refractivity contribution is 7.92. The normalized spacial score (nSPS) is 11.3. The summed E-state index contributed by atoms with van der Waals surface area (Å²) in [6, 6.07) is 11.3. The van der Waals surface area contributed by atoms with E-state index >= 15 is 0 Å². The van der Waals surface area contributed by atoms with Crippen molar-refractivity contribution in [3.63, 3.8) is 0 Å². The molecule has 26 heavy (non-hydrogen) atoms. The molecule has 0 radical (unpaired) electrons. The Hall–Kier alpha value is -3.07. The molecule has 1 heterocycles. The Kier molecular flexibility index (Phi) is 4.81. The summed E-state index contributed by atoms with van der Waals surface area (Å²) in [5.74, 6) is -2.04. The number of nitrogens with one attached hydrogen (secondary N) is 1. The molecule has 0 saturated heterocycles. The van der Waals surface area contributed by atoms with Gasteiger partial charge in [0.2, 0.25) is 11.8 Å². The van der Waals surface area contributed by atoms with Crippen LogP contribution >= 0.6 is 0 Å². The van der Waals surface area contributed by atoms with Gasteiger partial charge in [-0.3, -0.25) is 10.1 Å². The van der Waals surface area contributed by atoms with Crippen LogP contribution in [-0.2, 0) is 14.6 Å². The zero-order valence-electron chi connectivity index (χ0n) is 13.6. The van der Waals surface area contributed by atoms with Crippen LogP contribution < -0.4 is 5.32 Å². The first-order valence-corrected chi connectivity index (χ1v) is 9.17. The van der Waals surface area contributed by atoms with Gasteiger partial charge in [0, 0.05) is 5.56 Å². The first-order valence-electron chi connectivity index (χ1n) is 7.52. The van der Waals surface area contributed by atoms with Crippen molar-refractivity contribution in [1.82, 2.24) is 10.2 Å². The number of carbonyl (C=O) groups excluding carboxylic acids is 1. The second-order valence-electron chi connectivity index (χ2n) is 5.54. The standard InChI is InChI=1S/C17H14FN3O4S/c1-11-3-2-4-12(9-11)16-20-21-17(25-16)19-15(22)10-26(23,24)14-7-5-13(18)6-8-14/h2-9H,10H2,1H3,(H,19,21,22). The highest BCUT2D eigenvalue weighted by Gasteiger charge is 2.21. The van der Waals surface area contributed by atoms with Gasteiger partial charge in [-0.2, -0.15) is 0 Å². The van der Waals surface area contributed by atoms with Crippen molar-refractivity contribution in [2.45, 2.75) is 11.8 Å². The molecule has 0 atom stereocenters. The first-order chi connectivity index (χ1) is 12.3. The van der Waals surface area contributed by atoms with Crippen LogP contribution in [0.5, 0.6) is 0 Å². The highest BCUT2D eigenvalue weighted by atomic mass is 32.2. The summed E-state index contributed by atoms with van der Waals surface area (Å²) in [4.78, 5) is 11.8. The molecule has 7 nitrogen and oxygen atoms in total. The van der Waals surface area contributed by atoms with Gasteiger partial charge in [0.25, 0.3) is 0 Å². The molecule has 9 heteroatoms. The number of amides is 1. The van der Waals surface area contributed by atoms with Crippen molar-refractivity contribution < 1.29 is 22.0 Å². The molecular formula is C17H14FN3O4S. The summed E-state index contributed by atoms with van der Waals surface area (Å²) in [7, 11) is -3.92. The van der Waals surface area contributed by atoms with Gasteiger partial charge in [0.05, 0.1) is 4.90 Å². The van der Waals surface area contributed by atoms with Gasteiger partial charge in [0.1, 0.15) is 11.6 Å². The third-order valence-corrected chi connectivity index (χ3v) is 5.06. The third kappa shape index (κ3) is 4.12. The Labute approximate surface area is 148 Å². The molecule has 0 aliphatic heterocycles. The Morgan fingerprint density at radius 1 is 1.15 bits per heavy atom. The summed E-state index contributed by atoms with van der Waals surface area (Å²) in [6.45, 7) is 1.91. The molecule has 3 aromatic rings. The molecule has 134 valence electrons. The number of anilines is 1. The van der Waals surface area contributed by atoms with E-state index in [1.165, 1.54) is 0 Å². The van der Waals surface area contributed by atoms with E-state index < -0.39 is 27.3 Å². The highest BCUT2D eigenvalue weighted by Crippen LogP contribution is 2.21. The van der Waals surface area contributed by atoms with E-state index in [2.05, 4.69) is 15.5 Å². The Balaban J connectivity index is 1.70. The Bertz CT molecular complexity index is 1050. The average Bonchev–Trinajstić information content (AvgIpc) is 3.03. The van der Waals surface area contributed by atoms with Crippen molar-refractivity contribution in [2.24, 2.45) is 0 Å². The van der Waals surface area contributed by atoms with Crippen molar-refractivity contribution in [2.75, 3.05) is 11.1 Å². The first kappa shape index (κ1) is 17.7. The second kappa shape index (κ2) is 7.04. The number of aryl methyl sites for hydroxylation is 1. The molecule has 0 fully saturated rings. The van der Waals surface area contributed by atoms with E-state index in [0.29, 0.717) is 5.56 Å². The maximum absolute atomic E-state index is 12.9. The van der Waals surface area contributed by atoms with Crippen LogP contribution in [0, 0.1) is 12.7 Å². The SMILES string of the molecule is Cc1cccc(-c2nnc(NC(=O)CS(=O)(=O)c3ccc(F)cc3)o2)c1. The fourth-order valence-electron chi connectivity index (χ4n) is 2.22. The number of halogens is 1. The number of benzene rings is 2. The zero-order chi connectivity index (χ0) is 18.7. The maximum atomic E-state index is 12.9. The molecule has 0 unspecified atom stereocenters. The van der Waals surface area contributed by atoms with Crippen molar-refractivity contribution in [3.05, 3.63) is 59.9 Å². The summed E-state index contributed by atoms with van der Waals surface area (Å²) in [5, 5.41) is 9.76. The van der Waals surface area contributed by atoms with E-state index in [1.807, 2.05) is 25.1 Å². The number of hydrogen-bond acceptors (Lipinski definition) is 6. The van der Waals surface area contributed by atoms with Crippen LogP contribution in [0.4, 0.5) is 10.4 Å². The van der Waals surface area contributed by atoms with Crippen molar-refractivity contribution >= 4 is 21.8 Å². The van der Waals surface area contributed by atoms with Crippen LogP contribution in [0.2, 0.25) is 0 Å². The quantitative estimate of drug-likeness (QED) is 0.688. The van der Waals surface area contributed by atoms with E-state index in [0.717, 1.165) is 29.8 Å². The van der Waals surface area contributed by atoms with Gasteiger partial charge in [-0.05, 0) is 43.3 Å². The van der Waals surface area contributed by atoms with Crippen LogP contribution in [0.3, 0.4) is 0 Å². The van der Waals surface area contributed by atoms with E-state index in [-0.39, 0.29) is 16.8 Å². The Morgan fingerprint density at radius 3 is 2.58 bits per heavy atom. The van der Waals surface area contributed by atoms with Crippen LogP contribution in [0.15, 0.2) is 57.8 Å². The van der Waals surface area contributed by atoms with E-state index in [1.54, 1.807) is 6.07 Å². The lowest BCUT2D eigenvalue weighted by atomic mass is 10.1. The third-order valence-electron chi connectivity index (χ3n) is 3.43.